The number of phenolic OH excluding ortho intramolecular Hbond substituents is 1. The van der Waals surface area contributed by atoms with Crippen molar-refractivity contribution in [3.8, 4) is 23.0 Å². The summed E-state index contributed by atoms with van der Waals surface area (Å²) in [5, 5.41) is 14.0. The first-order chi connectivity index (χ1) is 12.1. The first-order valence-corrected chi connectivity index (χ1v) is 8.26. The van der Waals surface area contributed by atoms with Crippen LogP contribution >= 0.6 is 15.9 Å². The molecule has 0 radical (unpaired) electrons. The molecule has 1 amide bonds. The molecule has 1 aliphatic heterocycles. The molecule has 1 heterocycles. The van der Waals surface area contributed by atoms with Crippen LogP contribution in [0.3, 0.4) is 0 Å². The van der Waals surface area contributed by atoms with E-state index in [1.807, 2.05) is 6.92 Å². The SMILES string of the molecule is CCOc1cc(Br)cc(/C=N/NC(=O)c2ccc3c(c2)OCO3)c1O. The molecule has 2 aromatic carbocycles. The van der Waals surface area contributed by atoms with Gasteiger partial charge in [0.15, 0.2) is 23.0 Å². The predicted molar refractivity (Wildman–Crippen MR) is 94.6 cm³/mol. The topological polar surface area (TPSA) is 89.4 Å². The second-order valence-corrected chi connectivity index (χ2v) is 5.96. The van der Waals surface area contributed by atoms with Gasteiger partial charge in [0.25, 0.3) is 5.91 Å². The second-order valence-electron chi connectivity index (χ2n) is 5.04. The van der Waals surface area contributed by atoms with Gasteiger partial charge in [0.2, 0.25) is 6.79 Å². The van der Waals surface area contributed by atoms with Gasteiger partial charge in [-0.25, -0.2) is 5.43 Å². The van der Waals surface area contributed by atoms with Gasteiger partial charge in [-0.15, -0.1) is 0 Å². The van der Waals surface area contributed by atoms with E-state index in [-0.39, 0.29) is 12.5 Å². The fraction of sp³-hybridized carbons (Fsp3) is 0.176. The molecule has 2 aromatic rings. The number of nitrogens with one attached hydrogen (secondary N) is 1. The Hall–Kier alpha value is -2.74. The number of hydrogen-bond acceptors (Lipinski definition) is 6. The summed E-state index contributed by atoms with van der Waals surface area (Å²) in [6.07, 6.45) is 1.34. The van der Waals surface area contributed by atoms with Crippen LogP contribution in [0.5, 0.6) is 23.0 Å². The first kappa shape index (κ1) is 17.1. The van der Waals surface area contributed by atoms with Gasteiger partial charge in [0.1, 0.15) is 0 Å². The number of aromatic hydroxyl groups is 1. The number of carbonyl (C=O) groups is 1. The lowest BCUT2D eigenvalue weighted by atomic mass is 10.2. The minimum Gasteiger partial charge on any atom is -0.504 e. The number of ether oxygens (including phenoxy) is 3. The van der Waals surface area contributed by atoms with Gasteiger partial charge in [-0.05, 0) is 37.3 Å². The van der Waals surface area contributed by atoms with Crippen LogP contribution in [0.2, 0.25) is 0 Å². The van der Waals surface area contributed by atoms with Crippen molar-refractivity contribution in [1.29, 1.82) is 0 Å². The van der Waals surface area contributed by atoms with E-state index in [1.165, 1.54) is 6.21 Å². The third-order valence-corrected chi connectivity index (χ3v) is 3.83. The Labute approximate surface area is 152 Å². The monoisotopic (exact) mass is 406 g/mol. The van der Waals surface area contributed by atoms with E-state index in [0.29, 0.717) is 35.0 Å². The van der Waals surface area contributed by atoms with E-state index < -0.39 is 5.91 Å². The Kier molecular flexibility index (Phi) is 5.08. The number of rotatable bonds is 5. The Bertz CT molecular complexity index is 838. The van der Waals surface area contributed by atoms with Gasteiger partial charge in [0, 0.05) is 15.6 Å². The third kappa shape index (κ3) is 3.85. The highest BCUT2D eigenvalue weighted by atomic mass is 79.9. The lowest BCUT2D eigenvalue weighted by Crippen LogP contribution is -2.17. The number of nitrogens with zero attached hydrogens (tertiary/aromatic N) is 1. The molecule has 0 saturated carbocycles. The number of amides is 1. The quantitative estimate of drug-likeness (QED) is 0.588. The summed E-state index contributed by atoms with van der Waals surface area (Å²) in [7, 11) is 0. The fourth-order valence-electron chi connectivity index (χ4n) is 2.22. The molecule has 130 valence electrons. The van der Waals surface area contributed by atoms with Gasteiger partial charge in [-0.3, -0.25) is 4.79 Å². The van der Waals surface area contributed by atoms with E-state index in [0.717, 1.165) is 4.47 Å². The highest BCUT2D eigenvalue weighted by molar-refractivity contribution is 9.10. The van der Waals surface area contributed by atoms with Crippen molar-refractivity contribution in [3.63, 3.8) is 0 Å². The van der Waals surface area contributed by atoms with Gasteiger partial charge in [-0.1, -0.05) is 15.9 Å². The maximum Gasteiger partial charge on any atom is 0.271 e. The number of hydrazone groups is 1. The second kappa shape index (κ2) is 7.43. The standard InChI is InChI=1S/C17H15BrN2O5/c1-2-23-15-7-12(18)5-11(16(15)21)8-19-20-17(22)10-3-4-13-14(6-10)25-9-24-13/h3-8,21H,2,9H2,1H3,(H,20,22)/b19-8+. The van der Waals surface area contributed by atoms with Crippen LogP contribution in [0.25, 0.3) is 0 Å². The molecule has 0 bridgehead atoms. The van der Waals surface area contributed by atoms with Crippen LogP contribution in [-0.4, -0.2) is 30.6 Å². The summed E-state index contributed by atoms with van der Waals surface area (Å²) in [6.45, 7) is 2.38. The lowest BCUT2D eigenvalue weighted by Gasteiger charge is -2.08. The zero-order valence-corrected chi connectivity index (χ0v) is 14.9. The van der Waals surface area contributed by atoms with Gasteiger partial charge in [0.05, 0.1) is 12.8 Å². The Balaban J connectivity index is 1.72. The maximum atomic E-state index is 12.1. The van der Waals surface area contributed by atoms with Crippen LogP contribution in [-0.2, 0) is 0 Å². The molecule has 0 spiro atoms. The van der Waals surface area contributed by atoms with Crippen molar-refractivity contribution in [2.24, 2.45) is 5.10 Å². The summed E-state index contributed by atoms with van der Waals surface area (Å²) in [5.74, 6) is 0.991. The van der Waals surface area contributed by atoms with E-state index >= 15 is 0 Å². The van der Waals surface area contributed by atoms with Crippen molar-refractivity contribution >= 4 is 28.1 Å². The van der Waals surface area contributed by atoms with E-state index in [2.05, 4.69) is 26.5 Å². The predicted octanol–water partition coefficient (Wildman–Crippen LogP) is 3.05. The number of benzene rings is 2. The molecule has 0 saturated heterocycles. The first-order valence-electron chi connectivity index (χ1n) is 7.47. The van der Waals surface area contributed by atoms with E-state index in [9.17, 15) is 9.90 Å². The largest absolute Gasteiger partial charge is 0.504 e. The Morgan fingerprint density at radius 3 is 2.96 bits per heavy atom. The van der Waals surface area contributed by atoms with Crippen LogP contribution < -0.4 is 19.6 Å². The zero-order chi connectivity index (χ0) is 17.8. The number of hydrogen-bond donors (Lipinski definition) is 2. The Morgan fingerprint density at radius 2 is 2.16 bits per heavy atom. The number of phenols is 1. The van der Waals surface area contributed by atoms with Crippen molar-refractivity contribution in [3.05, 3.63) is 45.9 Å². The average Bonchev–Trinajstić information content (AvgIpc) is 3.06. The number of fused-ring (bicyclic) bond motifs is 1. The zero-order valence-electron chi connectivity index (χ0n) is 13.3. The van der Waals surface area contributed by atoms with Crippen molar-refractivity contribution in [1.82, 2.24) is 5.43 Å². The van der Waals surface area contributed by atoms with Crippen LogP contribution in [0.1, 0.15) is 22.8 Å². The summed E-state index contributed by atoms with van der Waals surface area (Å²) in [6, 6.07) is 8.17. The van der Waals surface area contributed by atoms with Crippen molar-refractivity contribution in [2.45, 2.75) is 6.92 Å². The molecule has 0 fully saturated rings. The molecule has 0 atom stereocenters. The third-order valence-electron chi connectivity index (χ3n) is 3.37. The van der Waals surface area contributed by atoms with Crippen molar-refractivity contribution < 1.29 is 24.1 Å². The molecule has 0 aromatic heterocycles. The van der Waals surface area contributed by atoms with Gasteiger partial charge >= 0.3 is 0 Å². The molecular formula is C17H15BrN2O5. The molecule has 8 heteroatoms. The fourth-order valence-corrected chi connectivity index (χ4v) is 2.68. The smallest absolute Gasteiger partial charge is 0.271 e. The van der Waals surface area contributed by atoms with Gasteiger partial charge in [-0.2, -0.15) is 5.10 Å². The van der Waals surface area contributed by atoms with Gasteiger partial charge < -0.3 is 19.3 Å². The molecule has 0 unspecified atom stereocenters. The summed E-state index contributed by atoms with van der Waals surface area (Å²) in [5.41, 5.74) is 3.19. The molecule has 0 aliphatic carbocycles. The Morgan fingerprint density at radius 1 is 1.36 bits per heavy atom. The summed E-state index contributed by atoms with van der Waals surface area (Å²) < 4.78 is 16.5. The highest BCUT2D eigenvalue weighted by Gasteiger charge is 2.16. The molecule has 2 N–H and O–H groups in total. The van der Waals surface area contributed by atoms with Crippen molar-refractivity contribution in [2.75, 3.05) is 13.4 Å². The lowest BCUT2D eigenvalue weighted by molar-refractivity contribution is 0.0954. The summed E-state index contributed by atoms with van der Waals surface area (Å²) in [4.78, 5) is 12.1. The van der Waals surface area contributed by atoms with Crippen LogP contribution in [0, 0.1) is 0 Å². The van der Waals surface area contributed by atoms with Crippen LogP contribution in [0.15, 0.2) is 39.9 Å². The van der Waals surface area contributed by atoms with E-state index in [1.54, 1.807) is 30.3 Å². The molecule has 25 heavy (non-hydrogen) atoms. The minimum atomic E-state index is -0.408. The molecule has 1 aliphatic rings. The van der Waals surface area contributed by atoms with Crippen LogP contribution in [0.4, 0.5) is 0 Å². The highest BCUT2D eigenvalue weighted by Crippen LogP contribution is 2.33. The molecule has 3 rings (SSSR count). The van der Waals surface area contributed by atoms with E-state index in [4.69, 9.17) is 14.2 Å². The number of halogens is 1. The maximum absolute atomic E-state index is 12.1. The summed E-state index contributed by atoms with van der Waals surface area (Å²) >= 11 is 3.34. The molecule has 7 nitrogen and oxygen atoms in total. The molecular weight excluding hydrogens is 392 g/mol. The normalized spacial score (nSPS) is 12.4. The number of carbonyl (C=O) groups excluding carboxylic acids is 1. The average molecular weight is 407 g/mol. The minimum absolute atomic E-state index is 0.0499.